The molecular formula is C21H25ClN4O. The monoisotopic (exact) mass is 384 g/mol. The minimum Gasteiger partial charge on any atom is -0.316 e. The summed E-state index contributed by atoms with van der Waals surface area (Å²) in [6, 6.07) is 9.83. The van der Waals surface area contributed by atoms with Gasteiger partial charge in [-0.15, -0.1) is 12.4 Å². The van der Waals surface area contributed by atoms with Gasteiger partial charge in [-0.25, -0.2) is 0 Å². The van der Waals surface area contributed by atoms with Crippen LogP contribution in [0.25, 0.3) is 11.3 Å². The van der Waals surface area contributed by atoms with Gasteiger partial charge >= 0.3 is 0 Å². The zero-order chi connectivity index (χ0) is 18.3. The van der Waals surface area contributed by atoms with E-state index in [-0.39, 0.29) is 24.2 Å². The summed E-state index contributed by atoms with van der Waals surface area (Å²) in [7, 11) is 0. The quantitative estimate of drug-likeness (QED) is 0.761. The molecule has 2 aromatic rings. The lowest BCUT2D eigenvalue weighted by atomic mass is 9.92. The highest BCUT2D eigenvalue weighted by atomic mass is 35.5. The van der Waals surface area contributed by atoms with E-state index in [1.54, 1.807) is 0 Å². The predicted octanol–water partition coefficient (Wildman–Crippen LogP) is 4.09. The molecule has 4 rings (SSSR count). The number of hydrogen-bond donors (Lipinski definition) is 1. The second kappa shape index (κ2) is 7.84. The molecule has 0 amide bonds. The van der Waals surface area contributed by atoms with E-state index < -0.39 is 0 Å². The average molecular weight is 385 g/mol. The van der Waals surface area contributed by atoms with Crippen molar-refractivity contribution in [1.29, 1.82) is 5.26 Å². The molecule has 1 aliphatic carbocycles. The molecule has 1 N–H and O–H groups in total. The van der Waals surface area contributed by atoms with Crippen molar-refractivity contribution < 1.29 is 4.79 Å². The Kier molecular flexibility index (Phi) is 5.69. The number of hydrogen-bond acceptors (Lipinski definition) is 4. The standard InChI is InChI=1S/C21H24N4O.ClH/c1-13(2)25-21(18(26)9-15-11-23-12-15)19(16-7-8-16)20(24-25)17-5-3-14(10-22)4-6-17;/h3-6,13,15-16,23H,7-9,11-12H2,1-2H3;1H. The van der Waals surface area contributed by atoms with Gasteiger partial charge in [0.2, 0.25) is 0 Å². The Balaban J connectivity index is 0.00000210. The van der Waals surface area contributed by atoms with Gasteiger partial charge in [-0.2, -0.15) is 10.4 Å². The van der Waals surface area contributed by atoms with Crippen molar-refractivity contribution in [2.24, 2.45) is 5.92 Å². The molecule has 2 heterocycles. The van der Waals surface area contributed by atoms with Crippen molar-refractivity contribution in [3.05, 3.63) is 41.1 Å². The van der Waals surface area contributed by atoms with E-state index in [0.717, 1.165) is 48.4 Å². The minimum absolute atomic E-state index is 0. The molecule has 2 fully saturated rings. The highest BCUT2D eigenvalue weighted by Crippen LogP contribution is 2.47. The van der Waals surface area contributed by atoms with Crippen LogP contribution >= 0.6 is 12.4 Å². The topological polar surface area (TPSA) is 70.7 Å². The first-order valence-electron chi connectivity index (χ1n) is 9.45. The first-order chi connectivity index (χ1) is 12.6. The van der Waals surface area contributed by atoms with Gasteiger partial charge < -0.3 is 5.32 Å². The Labute approximate surface area is 166 Å². The maximum absolute atomic E-state index is 13.1. The molecule has 5 nitrogen and oxygen atoms in total. The van der Waals surface area contributed by atoms with Gasteiger partial charge in [0, 0.05) is 23.6 Å². The van der Waals surface area contributed by atoms with Crippen LogP contribution in [0.5, 0.6) is 0 Å². The summed E-state index contributed by atoms with van der Waals surface area (Å²) in [6.07, 6.45) is 2.84. The first-order valence-corrected chi connectivity index (χ1v) is 9.45. The summed E-state index contributed by atoms with van der Waals surface area (Å²) in [6.45, 7) is 6.02. The molecule has 0 atom stereocenters. The third-order valence-electron chi connectivity index (χ3n) is 5.31. The highest BCUT2D eigenvalue weighted by Gasteiger charge is 2.36. The van der Waals surface area contributed by atoms with Gasteiger partial charge in [0.15, 0.2) is 5.78 Å². The SMILES string of the molecule is CC(C)n1nc(-c2ccc(C#N)cc2)c(C2CC2)c1C(=O)CC1CNC1.Cl. The fourth-order valence-corrected chi connectivity index (χ4v) is 3.63. The second-order valence-electron chi connectivity index (χ2n) is 7.76. The highest BCUT2D eigenvalue weighted by molar-refractivity contribution is 5.98. The third-order valence-corrected chi connectivity index (χ3v) is 5.31. The van der Waals surface area contributed by atoms with Crippen LogP contribution < -0.4 is 5.32 Å². The number of nitrogens with one attached hydrogen (secondary N) is 1. The smallest absolute Gasteiger partial charge is 0.181 e. The van der Waals surface area contributed by atoms with Gasteiger partial charge in [-0.1, -0.05) is 12.1 Å². The number of nitrogens with zero attached hydrogens (tertiary/aromatic N) is 3. The summed E-state index contributed by atoms with van der Waals surface area (Å²) in [5, 5.41) is 17.2. The van der Waals surface area contributed by atoms with E-state index in [2.05, 4.69) is 25.2 Å². The molecule has 1 saturated carbocycles. The van der Waals surface area contributed by atoms with Crippen molar-refractivity contribution in [2.45, 2.75) is 45.1 Å². The number of carbonyl (C=O) groups is 1. The summed E-state index contributed by atoms with van der Waals surface area (Å²) < 4.78 is 1.93. The Morgan fingerprint density at radius 1 is 1.30 bits per heavy atom. The molecule has 27 heavy (non-hydrogen) atoms. The van der Waals surface area contributed by atoms with Crippen LogP contribution in [-0.2, 0) is 0 Å². The zero-order valence-corrected chi connectivity index (χ0v) is 16.6. The number of rotatable bonds is 6. The maximum Gasteiger partial charge on any atom is 0.181 e. The number of nitriles is 1. The fraction of sp³-hybridized carbons (Fsp3) is 0.476. The van der Waals surface area contributed by atoms with Crippen molar-refractivity contribution in [3.8, 4) is 17.3 Å². The molecule has 6 heteroatoms. The fourth-order valence-electron chi connectivity index (χ4n) is 3.63. The molecule has 0 radical (unpaired) electrons. The number of carbonyl (C=O) groups excluding carboxylic acids is 1. The molecule has 1 aliphatic heterocycles. The molecule has 2 aliphatic rings. The second-order valence-corrected chi connectivity index (χ2v) is 7.76. The average Bonchev–Trinajstić information content (AvgIpc) is 3.36. The van der Waals surface area contributed by atoms with E-state index in [9.17, 15) is 4.79 Å². The molecular weight excluding hydrogens is 360 g/mol. The Hall–Kier alpha value is -2.16. The van der Waals surface area contributed by atoms with Crippen molar-refractivity contribution in [1.82, 2.24) is 15.1 Å². The minimum atomic E-state index is 0. The molecule has 0 bridgehead atoms. The van der Waals surface area contributed by atoms with E-state index in [0.29, 0.717) is 23.8 Å². The molecule has 1 saturated heterocycles. The van der Waals surface area contributed by atoms with E-state index in [4.69, 9.17) is 10.4 Å². The lowest BCUT2D eigenvalue weighted by molar-refractivity contribution is 0.0932. The van der Waals surface area contributed by atoms with E-state index in [1.165, 1.54) is 0 Å². The van der Waals surface area contributed by atoms with Crippen LogP contribution in [0, 0.1) is 17.2 Å². The molecule has 142 valence electrons. The lowest BCUT2D eigenvalue weighted by Crippen LogP contribution is -2.43. The van der Waals surface area contributed by atoms with Gasteiger partial charge in [0.25, 0.3) is 0 Å². The van der Waals surface area contributed by atoms with Crippen LogP contribution in [-0.4, -0.2) is 28.7 Å². The Morgan fingerprint density at radius 2 is 1.96 bits per heavy atom. The molecule has 1 aromatic carbocycles. The summed E-state index contributed by atoms with van der Waals surface area (Å²) in [4.78, 5) is 13.1. The molecule has 1 aromatic heterocycles. The predicted molar refractivity (Wildman–Crippen MR) is 107 cm³/mol. The van der Waals surface area contributed by atoms with Gasteiger partial charge in [-0.05, 0) is 63.7 Å². The van der Waals surface area contributed by atoms with Crippen molar-refractivity contribution >= 4 is 18.2 Å². The van der Waals surface area contributed by atoms with E-state index >= 15 is 0 Å². The number of Topliss-reactive ketones (excluding diaryl/α,β-unsaturated/α-hetero) is 1. The van der Waals surface area contributed by atoms with E-state index in [1.807, 2.05) is 28.9 Å². The normalized spacial score (nSPS) is 16.5. The van der Waals surface area contributed by atoms with Gasteiger partial charge in [0.1, 0.15) is 5.69 Å². The number of aromatic nitrogens is 2. The molecule has 0 spiro atoms. The summed E-state index contributed by atoms with van der Waals surface area (Å²) in [5.74, 6) is 1.11. The number of ketones is 1. The third kappa shape index (κ3) is 3.78. The van der Waals surface area contributed by atoms with Crippen LogP contribution in [0.2, 0.25) is 0 Å². The van der Waals surface area contributed by atoms with Gasteiger partial charge in [0.05, 0.1) is 17.3 Å². The van der Waals surface area contributed by atoms with Crippen molar-refractivity contribution in [3.63, 3.8) is 0 Å². The first kappa shape index (κ1) is 19.6. The van der Waals surface area contributed by atoms with Crippen LogP contribution in [0.1, 0.15) is 66.7 Å². The lowest BCUT2D eigenvalue weighted by Gasteiger charge is -2.26. The van der Waals surface area contributed by atoms with Gasteiger partial charge in [-0.3, -0.25) is 9.48 Å². The zero-order valence-electron chi connectivity index (χ0n) is 15.7. The summed E-state index contributed by atoms with van der Waals surface area (Å²) >= 11 is 0. The maximum atomic E-state index is 13.1. The summed E-state index contributed by atoms with van der Waals surface area (Å²) in [5.41, 5.74) is 4.48. The van der Waals surface area contributed by atoms with Crippen LogP contribution in [0.15, 0.2) is 24.3 Å². The van der Waals surface area contributed by atoms with Crippen molar-refractivity contribution in [2.75, 3.05) is 13.1 Å². The Bertz CT molecular complexity index is 871. The van der Waals surface area contributed by atoms with Crippen LogP contribution in [0.4, 0.5) is 0 Å². The number of halogens is 1. The largest absolute Gasteiger partial charge is 0.316 e. The Morgan fingerprint density at radius 3 is 2.44 bits per heavy atom. The number of benzene rings is 1. The van der Waals surface area contributed by atoms with Crippen LogP contribution in [0.3, 0.4) is 0 Å². The molecule has 0 unspecified atom stereocenters.